The number of para-hydroxylation sites is 1. The van der Waals surface area contributed by atoms with Crippen molar-refractivity contribution in [1.29, 1.82) is 0 Å². The highest BCUT2D eigenvalue weighted by atomic mass is 16.6. The SMILES string of the molecule is Cc1cccc(Oc2ccncc2C(=O)O)c1[N+](=O)[O-]. The van der Waals surface area contributed by atoms with Gasteiger partial charge in [-0.15, -0.1) is 0 Å². The van der Waals surface area contributed by atoms with Gasteiger partial charge in [-0.05, 0) is 13.0 Å². The van der Waals surface area contributed by atoms with Crippen LogP contribution >= 0.6 is 0 Å². The Morgan fingerprint density at radius 3 is 2.75 bits per heavy atom. The van der Waals surface area contributed by atoms with Crippen molar-refractivity contribution in [2.45, 2.75) is 6.92 Å². The molecule has 0 atom stereocenters. The summed E-state index contributed by atoms with van der Waals surface area (Å²) in [5.74, 6) is -1.23. The molecule has 0 amide bonds. The highest BCUT2D eigenvalue weighted by Crippen LogP contribution is 2.34. The Balaban J connectivity index is 2.49. The molecule has 1 aromatic carbocycles. The highest BCUT2D eigenvalue weighted by molar-refractivity contribution is 5.90. The number of rotatable bonds is 4. The zero-order chi connectivity index (χ0) is 14.7. The molecule has 20 heavy (non-hydrogen) atoms. The first-order chi connectivity index (χ1) is 9.50. The van der Waals surface area contributed by atoms with Crippen LogP contribution in [-0.2, 0) is 0 Å². The molecule has 0 aliphatic carbocycles. The molecule has 7 nitrogen and oxygen atoms in total. The maximum atomic E-state index is 11.0. The van der Waals surface area contributed by atoms with E-state index in [-0.39, 0.29) is 22.7 Å². The summed E-state index contributed by atoms with van der Waals surface area (Å²) in [5, 5.41) is 20.1. The van der Waals surface area contributed by atoms with E-state index in [1.54, 1.807) is 19.1 Å². The maximum absolute atomic E-state index is 11.0. The topological polar surface area (TPSA) is 103 Å². The molecule has 2 aromatic rings. The lowest BCUT2D eigenvalue weighted by molar-refractivity contribution is -0.386. The number of hydrogen-bond donors (Lipinski definition) is 1. The molecule has 1 N–H and O–H groups in total. The van der Waals surface area contributed by atoms with Crippen LogP contribution in [0.2, 0.25) is 0 Å². The quantitative estimate of drug-likeness (QED) is 0.679. The van der Waals surface area contributed by atoms with E-state index in [2.05, 4.69) is 4.98 Å². The van der Waals surface area contributed by atoms with Gasteiger partial charge in [-0.3, -0.25) is 15.1 Å². The number of aromatic carboxylic acids is 1. The standard InChI is InChI=1S/C13H10N2O5/c1-8-3-2-4-11(12(8)15(18)19)20-10-5-6-14-7-9(10)13(16)17/h2-7H,1H3,(H,16,17). The van der Waals surface area contributed by atoms with Crippen LogP contribution in [0, 0.1) is 17.0 Å². The monoisotopic (exact) mass is 274 g/mol. The first-order valence-electron chi connectivity index (χ1n) is 5.60. The van der Waals surface area contributed by atoms with Crippen LogP contribution < -0.4 is 4.74 Å². The van der Waals surface area contributed by atoms with Gasteiger partial charge in [0.1, 0.15) is 11.3 Å². The van der Waals surface area contributed by atoms with E-state index in [0.717, 1.165) is 6.20 Å². The van der Waals surface area contributed by atoms with E-state index in [1.165, 1.54) is 18.3 Å². The van der Waals surface area contributed by atoms with Crippen molar-refractivity contribution in [1.82, 2.24) is 4.98 Å². The fourth-order valence-electron chi connectivity index (χ4n) is 1.70. The number of benzene rings is 1. The van der Waals surface area contributed by atoms with Crippen LogP contribution in [0.5, 0.6) is 11.5 Å². The van der Waals surface area contributed by atoms with Gasteiger partial charge >= 0.3 is 11.7 Å². The van der Waals surface area contributed by atoms with Crippen molar-refractivity contribution >= 4 is 11.7 Å². The molecule has 0 saturated carbocycles. The minimum atomic E-state index is -1.22. The third kappa shape index (κ3) is 2.56. The first-order valence-corrected chi connectivity index (χ1v) is 5.60. The molecule has 1 heterocycles. The summed E-state index contributed by atoms with van der Waals surface area (Å²) in [5.41, 5.74) is 0.0717. The Morgan fingerprint density at radius 1 is 1.35 bits per heavy atom. The van der Waals surface area contributed by atoms with E-state index < -0.39 is 10.9 Å². The van der Waals surface area contributed by atoms with Crippen LogP contribution in [0.4, 0.5) is 5.69 Å². The van der Waals surface area contributed by atoms with E-state index >= 15 is 0 Å². The Labute approximate surface area is 113 Å². The molecule has 1 aromatic heterocycles. The van der Waals surface area contributed by atoms with Crippen LogP contribution in [-0.4, -0.2) is 21.0 Å². The number of carbonyl (C=O) groups is 1. The van der Waals surface area contributed by atoms with Crippen molar-refractivity contribution < 1.29 is 19.6 Å². The summed E-state index contributed by atoms with van der Waals surface area (Å²) in [6.45, 7) is 1.58. The summed E-state index contributed by atoms with van der Waals surface area (Å²) in [7, 11) is 0. The number of carboxylic acids is 1. The predicted molar refractivity (Wildman–Crippen MR) is 69.1 cm³/mol. The van der Waals surface area contributed by atoms with Crippen molar-refractivity contribution in [2.75, 3.05) is 0 Å². The molecule has 0 aliphatic heterocycles. The Bertz CT molecular complexity index is 684. The number of aryl methyl sites for hydroxylation is 1. The van der Waals surface area contributed by atoms with Gasteiger partial charge in [0.2, 0.25) is 5.75 Å². The molecule has 0 fully saturated rings. The van der Waals surface area contributed by atoms with Gasteiger partial charge in [0, 0.05) is 24.0 Å². The van der Waals surface area contributed by atoms with E-state index in [1.807, 2.05) is 0 Å². The second-order valence-corrected chi connectivity index (χ2v) is 3.96. The Morgan fingerprint density at radius 2 is 2.10 bits per heavy atom. The summed E-state index contributed by atoms with van der Waals surface area (Å²) < 4.78 is 5.38. The van der Waals surface area contributed by atoms with Gasteiger partial charge in [-0.2, -0.15) is 0 Å². The van der Waals surface area contributed by atoms with Crippen molar-refractivity contribution in [2.24, 2.45) is 0 Å². The predicted octanol–water partition coefficient (Wildman–Crippen LogP) is 2.79. The number of carboxylic acid groups (broad SMARTS) is 1. The number of nitro groups is 1. The fraction of sp³-hybridized carbons (Fsp3) is 0.0769. The molecule has 0 saturated heterocycles. The average Bonchev–Trinajstić information content (AvgIpc) is 2.38. The number of nitrogens with zero attached hydrogens (tertiary/aromatic N) is 2. The molecular formula is C13H10N2O5. The minimum absolute atomic E-state index is 0.00111. The van der Waals surface area contributed by atoms with E-state index in [9.17, 15) is 14.9 Å². The third-order valence-corrected chi connectivity index (χ3v) is 2.61. The van der Waals surface area contributed by atoms with Crippen molar-refractivity contribution in [3.8, 4) is 11.5 Å². The molecule has 0 spiro atoms. The van der Waals surface area contributed by atoms with Crippen molar-refractivity contribution in [3.05, 3.63) is 57.9 Å². The fourth-order valence-corrected chi connectivity index (χ4v) is 1.70. The molecule has 2 rings (SSSR count). The molecule has 0 bridgehead atoms. The largest absolute Gasteiger partial charge is 0.477 e. The van der Waals surface area contributed by atoms with Crippen LogP contribution in [0.1, 0.15) is 15.9 Å². The summed E-state index contributed by atoms with van der Waals surface area (Å²) >= 11 is 0. The highest BCUT2D eigenvalue weighted by Gasteiger charge is 2.20. The normalized spacial score (nSPS) is 10.1. The average molecular weight is 274 g/mol. The lowest BCUT2D eigenvalue weighted by Crippen LogP contribution is -2.02. The number of nitro benzene ring substituents is 1. The number of hydrogen-bond acceptors (Lipinski definition) is 5. The molecule has 7 heteroatoms. The van der Waals surface area contributed by atoms with E-state index in [0.29, 0.717) is 5.56 Å². The van der Waals surface area contributed by atoms with E-state index in [4.69, 9.17) is 9.84 Å². The summed E-state index contributed by atoms with van der Waals surface area (Å²) in [4.78, 5) is 25.2. The van der Waals surface area contributed by atoms with Gasteiger partial charge in [-0.1, -0.05) is 12.1 Å². The van der Waals surface area contributed by atoms with Gasteiger partial charge in [0.15, 0.2) is 0 Å². The second kappa shape index (κ2) is 5.35. The lowest BCUT2D eigenvalue weighted by Gasteiger charge is -2.09. The van der Waals surface area contributed by atoms with Gasteiger partial charge in [-0.25, -0.2) is 4.79 Å². The summed E-state index contributed by atoms with van der Waals surface area (Å²) in [6.07, 6.45) is 2.47. The molecule has 0 unspecified atom stereocenters. The molecule has 0 radical (unpaired) electrons. The molecule has 102 valence electrons. The zero-order valence-corrected chi connectivity index (χ0v) is 10.4. The lowest BCUT2D eigenvalue weighted by atomic mass is 10.2. The number of ether oxygens (including phenoxy) is 1. The first kappa shape index (κ1) is 13.5. The van der Waals surface area contributed by atoms with Gasteiger partial charge in [0.25, 0.3) is 0 Å². The molecule has 0 aliphatic rings. The Kier molecular flexibility index (Phi) is 3.60. The van der Waals surface area contributed by atoms with Crippen molar-refractivity contribution in [3.63, 3.8) is 0 Å². The second-order valence-electron chi connectivity index (χ2n) is 3.96. The van der Waals surface area contributed by atoms with Crippen LogP contribution in [0.15, 0.2) is 36.7 Å². The molecular weight excluding hydrogens is 264 g/mol. The van der Waals surface area contributed by atoms with Crippen LogP contribution in [0.25, 0.3) is 0 Å². The smallest absolute Gasteiger partial charge is 0.341 e. The Hall–Kier alpha value is -2.96. The minimum Gasteiger partial charge on any atom is -0.477 e. The van der Waals surface area contributed by atoms with Gasteiger partial charge in [0.05, 0.1) is 4.92 Å². The maximum Gasteiger partial charge on any atom is 0.341 e. The zero-order valence-electron chi connectivity index (χ0n) is 10.4. The third-order valence-electron chi connectivity index (χ3n) is 2.61. The van der Waals surface area contributed by atoms with Crippen LogP contribution in [0.3, 0.4) is 0 Å². The number of aromatic nitrogens is 1. The van der Waals surface area contributed by atoms with Gasteiger partial charge < -0.3 is 9.84 Å². The number of pyridine rings is 1. The summed E-state index contributed by atoms with van der Waals surface area (Å²) in [6, 6.07) is 5.93.